The fraction of sp³-hybridized carbons (Fsp3) is 0.391. The summed E-state index contributed by atoms with van der Waals surface area (Å²) in [5.41, 5.74) is 4.12. The summed E-state index contributed by atoms with van der Waals surface area (Å²) >= 11 is 1.59. The fourth-order valence-electron chi connectivity index (χ4n) is 3.36. The van der Waals surface area contributed by atoms with Gasteiger partial charge in [0.05, 0.1) is 10.9 Å². The highest BCUT2D eigenvalue weighted by Crippen LogP contribution is 2.47. The Labute approximate surface area is 189 Å². The fourth-order valence-corrected chi connectivity index (χ4v) is 4.78. The second-order valence-electron chi connectivity index (χ2n) is 7.74. The maximum Gasteiger partial charge on any atom is 0.303 e. The lowest BCUT2D eigenvalue weighted by Gasteiger charge is -2.28. The van der Waals surface area contributed by atoms with Crippen LogP contribution in [0.4, 0.5) is 5.69 Å². The van der Waals surface area contributed by atoms with Crippen LogP contribution in [0.15, 0.2) is 47.4 Å². The van der Waals surface area contributed by atoms with Gasteiger partial charge in [-0.1, -0.05) is 35.9 Å². The molecule has 30 heavy (non-hydrogen) atoms. The SMILES string of the molecule is CC(=O)O[C@H]1C(=O)N(CCN(C)C)c2ccc(C)cc2S[C@H]1c1ccc(C)cc1.Cl. The number of nitrogens with zero attached hydrogens (tertiary/aromatic N) is 2. The first-order valence-electron chi connectivity index (χ1n) is 9.73. The van der Waals surface area contributed by atoms with Crippen LogP contribution in [0.1, 0.15) is 28.9 Å². The summed E-state index contributed by atoms with van der Waals surface area (Å²) in [7, 11) is 3.96. The Hall–Kier alpha value is -2.02. The maximum atomic E-state index is 13.6. The molecule has 0 unspecified atom stereocenters. The number of thioether (sulfide) groups is 1. The zero-order valence-electron chi connectivity index (χ0n) is 18.0. The number of benzene rings is 2. The number of aryl methyl sites for hydroxylation is 2. The zero-order valence-corrected chi connectivity index (χ0v) is 19.7. The molecule has 0 N–H and O–H groups in total. The van der Waals surface area contributed by atoms with Crippen LogP contribution in [0.2, 0.25) is 0 Å². The number of rotatable bonds is 5. The number of hydrogen-bond acceptors (Lipinski definition) is 5. The minimum Gasteiger partial charge on any atom is -0.451 e. The summed E-state index contributed by atoms with van der Waals surface area (Å²) in [5, 5.41) is -0.308. The summed E-state index contributed by atoms with van der Waals surface area (Å²) < 4.78 is 5.61. The molecule has 2 aromatic carbocycles. The lowest BCUT2D eigenvalue weighted by molar-refractivity contribution is -0.152. The van der Waals surface area contributed by atoms with Crippen molar-refractivity contribution in [1.82, 2.24) is 4.90 Å². The van der Waals surface area contributed by atoms with E-state index in [1.54, 1.807) is 16.7 Å². The molecule has 1 aliphatic heterocycles. The van der Waals surface area contributed by atoms with E-state index >= 15 is 0 Å². The van der Waals surface area contributed by atoms with Crippen LogP contribution in [0, 0.1) is 13.8 Å². The minimum atomic E-state index is -0.880. The van der Waals surface area contributed by atoms with Crippen LogP contribution in [0.25, 0.3) is 0 Å². The number of amides is 1. The van der Waals surface area contributed by atoms with Crippen molar-refractivity contribution in [3.63, 3.8) is 0 Å². The minimum absolute atomic E-state index is 0. The summed E-state index contributed by atoms with van der Waals surface area (Å²) in [4.78, 5) is 30.3. The Morgan fingerprint density at radius 1 is 1.10 bits per heavy atom. The van der Waals surface area contributed by atoms with E-state index in [9.17, 15) is 9.59 Å². The maximum absolute atomic E-state index is 13.6. The number of ether oxygens (including phenoxy) is 1. The topological polar surface area (TPSA) is 49.9 Å². The molecule has 0 radical (unpaired) electrons. The Morgan fingerprint density at radius 2 is 1.73 bits per heavy atom. The molecule has 0 bridgehead atoms. The summed E-state index contributed by atoms with van der Waals surface area (Å²) in [6, 6.07) is 14.2. The van der Waals surface area contributed by atoms with Crippen LogP contribution in [-0.4, -0.2) is 50.1 Å². The molecule has 1 amide bonds. The third-order valence-electron chi connectivity index (χ3n) is 4.91. The van der Waals surface area contributed by atoms with Crippen LogP contribution in [0.3, 0.4) is 0 Å². The zero-order chi connectivity index (χ0) is 21.1. The van der Waals surface area contributed by atoms with Gasteiger partial charge >= 0.3 is 5.97 Å². The third kappa shape index (κ3) is 5.56. The van der Waals surface area contributed by atoms with Crippen molar-refractivity contribution in [2.24, 2.45) is 0 Å². The van der Waals surface area contributed by atoms with Crippen molar-refractivity contribution >= 4 is 41.7 Å². The van der Waals surface area contributed by atoms with Gasteiger partial charge in [-0.05, 0) is 51.2 Å². The molecular weight excluding hydrogens is 420 g/mol. The van der Waals surface area contributed by atoms with E-state index in [4.69, 9.17) is 4.74 Å². The molecule has 5 nitrogen and oxygen atoms in total. The van der Waals surface area contributed by atoms with Crippen LogP contribution < -0.4 is 4.90 Å². The Morgan fingerprint density at radius 3 is 2.33 bits per heavy atom. The predicted octanol–water partition coefficient (Wildman–Crippen LogP) is 4.40. The molecule has 0 aromatic heterocycles. The number of hydrogen-bond donors (Lipinski definition) is 0. The molecule has 3 rings (SSSR count). The molecule has 1 heterocycles. The van der Waals surface area contributed by atoms with Crippen molar-refractivity contribution in [2.75, 3.05) is 32.1 Å². The highest BCUT2D eigenvalue weighted by atomic mass is 35.5. The Balaban J connectivity index is 0.00000320. The molecular formula is C23H29ClN2O3S. The van der Waals surface area contributed by atoms with E-state index in [0.717, 1.165) is 27.3 Å². The summed E-state index contributed by atoms with van der Waals surface area (Å²) in [5.74, 6) is -0.626. The van der Waals surface area contributed by atoms with Crippen molar-refractivity contribution < 1.29 is 14.3 Å². The Kier molecular flexibility index (Phi) is 8.35. The molecule has 2 aromatic rings. The van der Waals surface area contributed by atoms with Crippen LogP contribution in [0.5, 0.6) is 0 Å². The van der Waals surface area contributed by atoms with Gasteiger partial charge in [0.1, 0.15) is 0 Å². The number of carbonyl (C=O) groups is 2. The van der Waals surface area contributed by atoms with Gasteiger partial charge in [-0.2, -0.15) is 0 Å². The van der Waals surface area contributed by atoms with Gasteiger partial charge < -0.3 is 14.5 Å². The van der Waals surface area contributed by atoms with Gasteiger partial charge in [0, 0.05) is 24.9 Å². The van der Waals surface area contributed by atoms with Gasteiger partial charge in [0.15, 0.2) is 6.10 Å². The smallest absolute Gasteiger partial charge is 0.303 e. The number of anilines is 1. The first-order chi connectivity index (χ1) is 13.8. The normalized spacial score (nSPS) is 18.5. The van der Waals surface area contributed by atoms with Gasteiger partial charge in [-0.15, -0.1) is 24.2 Å². The van der Waals surface area contributed by atoms with E-state index in [2.05, 4.69) is 6.07 Å². The standard InChI is InChI=1S/C23H28N2O3S.ClH/c1-15-6-9-18(10-7-15)22-21(28-17(3)26)23(27)25(13-12-24(4)5)19-11-8-16(2)14-20(19)29-22;/h6-11,14,21-22H,12-13H2,1-5H3;1H/t21-,22+;/m1./s1. The van der Waals surface area contributed by atoms with Crippen LogP contribution >= 0.6 is 24.2 Å². The predicted molar refractivity (Wildman–Crippen MR) is 125 cm³/mol. The summed E-state index contributed by atoms with van der Waals surface area (Å²) in [6.45, 7) is 6.67. The quantitative estimate of drug-likeness (QED) is 0.634. The number of carbonyl (C=O) groups excluding carboxylic acids is 2. The number of fused-ring (bicyclic) bond motifs is 1. The average Bonchev–Trinajstić information content (AvgIpc) is 2.76. The highest BCUT2D eigenvalue weighted by molar-refractivity contribution is 7.99. The molecule has 7 heteroatoms. The largest absolute Gasteiger partial charge is 0.451 e. The molecule has 162 valence electrons. The third-order valence-corrected chi connectivity index (χ3v) is 6.27. The molecule has 2 atom stereocenters. The first-order valence-corrected chi connectivity index (χ1v) is 10.6. The molecule has 0 saturated carbocycles. The van der Waals surface area contributed by atoms with E-state index < -0.39 is 12.1 Å². The van der Waals surface area contributed by atoms with Crippen molar-refractivity contribution in [3.05, 3.63) is 59.2 Å². The molecule has 0 spiro atoms. The van der Waals surface area contributed by atoms with E-state index in [1.165, 1.54) is 6.92 Å². The second kappa shape index (κ2) is 10.3. The van der Waals surface area contributed by atoms with Crippen molar-refractivity contribution in [3.8, 4) is 0 Å². The average molecular weight is 449 g/mol. The highest BCUT2D eigenvalue weighted by Gasteiger charge is 2.40. The van der Waals surface area contributed by atoms with Crippen LogP contribution in [-0.2, 0) is 14.3 Å². The summed E-state index contributed by atoms with van der Waals surface area (Å²) in [6.07, 6.45) is -0.880. The number of esters is 1. The van der Waals surface area contributed by atoms with Gasteiger partial charge in [0.2, 0.25) is 0 Å². The van der Waals surface area contributed by atoms with E-state index in [-0.39, 0.29) is 23.6 Å². The monoisotopic (exact) mass is 448 g/mol. The van der Waals surface area contributed by atoms with Crippen molar-refractivity contribution in [2.45, 2.75) is 37.0 Å². The molecule has 0 saturated heterocycles. The number of likely N-dealkylation sites (N-methyl/N-ethyl adjacent to an activating group) is 1. The lowest BCUT2D eigenvalue weighted by Crippen LogP contribution is -2.45. The van der Waals surface area contributed by atoms with E-state index in [0.29, 0.717) is 13.1 Å². The second-order valence-corrected chi connectivity index (χ2v) is 8.93. The lowest BCUT2D eigenvalue weighted by atomic mass is 10.0. The molecule has 1 aliphatic rings. The van der Waals surface area contributed by atoms with Gasteiger partial charge in [-0.3, -0.25) is 9.59 Å². The van der Waals surface area contributed by atoms with Crippen molar-refractivity contribution in [1.29, 1.82) is 0 Å². The molecule has 0 aliphatic carbocycles. The Bertz CT molecular complexity index is 902. The van der Waals surface area contributed by atoms with Gasteiger partial charge in [-0.25, -0.2) is 0 Å². The molecule has 0 fully saturated rings. The van der Waals surface area contributed by atoms with Gasteiger partial charge in [0.25, 0.3) is 5.91 Å². The first kappa shape index (κ1) is 24.3. The van der Waals surface area contributed by atoms with E-state index in [1.807, 2.05) is 69.2 Å². The number of halogens is 1.